The monoisotopic (exact) mass is 468 g/mol. The molecule has 2 atom stereocenters. The number of benzene rings is 2. The molecule has 178 valence electrons. The first-order chi connectivity index (χ1) is 16.1. The third kappa shape index (κ3) is 4.48. The molecule has 0 saturated carbocycles. The maximum atomic E-state index is 14.1. The SMILES string of the molecule is CCC[N+]1(CC)C2CCC1CC(OC(=O)C(OCSC)(c1ccccc1)c1ccccc1)C2. The first-order valence-corrected chi connectivity index (χ1v) is 13.8. The number of hydrogen-bond donors (Lipinski definition) is 0. The Hall–Kier alpha value is -1.82. The molecule has 2 saturated heterocycles. The molecule has 0 aromatic heterocycles. The van der Waals surface area contributed by atoms with Crippen LogP contribution in [0.1, 0.15) is 57.1 Å². The summed E-state index contributed by atoms with van der Waals surface area (Å²) in [5.41, 5.74) is 0.375. The lowest BCUT2D eigenvalue weighted by Crippen LogP contribution is -2.62. The van der Waals surface area contributed by atoms with Crippen LogP contribution in [0.5, 0.6) is 0 Å². The second-order valence-corrected chi connectivity index (χ2v) is 10.3. The predicted molar refractivity (Wildman–Crippen MR) is 135 cm³/mol. The van der Waals surface area contributed by atoms with Gasteiger partial charge in [-0.05, 0) is 30.7 Å². The number of fused-ring (bicyclic) bond motifs is 2. The molecule has 2 unspecified atom stereocenters. The Morgan fingerprint density at radius 3 is 1.97 bits per heavy atom. The Kier molecular flexibility index (Phi) is 7.83. The first-order valence-electron chi connectivity index (χ1n) is 12.4. The second-order valence-electron chi connectivity index (χ2n) is 9.49. The molecule has 2 aromatic rings. The lowest BCUT2D eigenvalue weighted by molar-refractivity contribution is -0.965. The maximum Gasteiger partial charge on any atom is 0.348 e. The van der Waals surface area contributed by atoms with Gasteiger partial charge in [-0.3, -0.25) is 0 Å². The minimum Gasteiger partial charge on any atom is -0.459 e. The number of rotatable bonds is 10. The molecule has 2 fully saturated rings. The highest BCUT2D eigenvalue weighted by Crippen LogP contribution is 2.45. The van der Waals surface area contributed by atoms with E-state index in [2.05, 4.69) is 13.8 Å². The zero-order valence-corrected chi connectivity index (χ0v) is 21.1. The third-order valence-electron chi connectivity index (χ3n) is 7.90. The number of piperidine rings is 1. The van der Waals surface area contributed by atoms with Gasteiger partial charge in [0, 0.05) is 25.7 Å². The van der Waals surface area contributed by atoms with Gasteiger partial charge in [0.15, 0.2) is 0 Å². The molecule has 2 aliphatic rings. The molecular formula is C28H38NO3S+. The van der Waals surface area contributed by atoms with Crippen LogP contribution < -0.4 is 0 Å². The van der Waals surface area contributed by atoms with Crippen LogP contribution in [0.15, 0.2) is 60.7 Å². The molecule has 5 heteroatoms. The Bertz CT molecular complexity index is 850. The van der Waals surface area contributed by atoms with E-state index in [1.807, 2.05) is 66.9 Å². The summed E-state index contributed by atoms with van der Waals surface area (Å²) < 4.78 is 14.0. The standard InChI is InChI=1S/C28H38NO3S/c1-4-18-29(5-2)24-16-17-25(29)20-26(19-24)32-27(30)28(31-21-33-3,22-12-8-6-9-13-22)23-14-10-7-11-15-23/h6-15,24-26H,4-5,16-21H2,1-3H3/q+1. The molecule has 33 heavy (non-hydrogen) atoms. The molecule has 2 heterocycles. The van der Waals surface area contributed by atoms with Crippen molar-refractivity contribution in [1.82, 2.24) is 0 Å². The van der Waals surface area contributed by atoms with Gasteiger partial charge >= 0.3 is 5.97 Å². The Balaban J connectivity index is 1.64. The Labute approximate surface area is 203 Å². The van der Waals surface area contributed by atoms with E-state index in [4.69, 9.17) is 9.47 Å². The van der Waals surface area contributed by atoms with Gasteiger partial charge in [0.1, 0.15) is 6.10 Å². The van der Waals surface area contributed by atoms with Crippen LogP contribution in [0.25, 0.3) is 0 Å². The summed E-state index contributed by atoms with van der Waals surface area (Å²) in [5.74, 6) is 0.117. The van der Waals surface area contributed by atoms with E-state index in [0.29, 0.717) is 18.0 Å². The van der Waals surface area contributed by atoms with Gasteiger partial charge < -0.3 is 14.0 Å². The van der Waals surface area contributed by atoms with E-state index < -0.39 is 5.60 Å². The maximum absolute atomic E-state index is 14.1. The smallest absolute Gasteiger partial charge is 0.348 e. The average Bonchev–Trinajstić information content (AvgIpc) is 3.02. The van der Waals surface area contributed by atoms with Crippen molar-refractivity contribution in [1.29, 1.82) is 0 Å². The van der Waals surface area contributed by atoms with Crippen LogP contribution in [0.4, 0.5) is 0 Å². The van der Waals surface area contributed by atoms with E-state index in [0.717, 1.165) is 24.0 Å². The fraction of sp³-hybridized carbons (Fsp3) is 0.536. The topological polar surface area (TPSA) is 35.5 Å². The normalized spacial score (nSPS) is 26.8. The average molecular weight is 469 g/mol. The fourth-order valence-corrected chi connectivity index (χ4v) is 6.76. The van der Waals surface area contributed by atoms with Crippen molar-refractivity contribution in [2.75, 3.05) is 25.3 Å². The Morgan fingerprint density at radius 2 is 1.52 bits per heavy atom. The summed E-state index contributed by atoms with van der Waals surface area (Å²) in [6.45, 7) is 7.04. The van der Waals surface area contributed by atoms with Crippen LogP contribution in [-0.4, -0.2) is 53.9 Å². The summed E-state index contributed by atoms with van der Waals surface area (Å²) in [5, 5.41) is 0. The van der Waals surface area contributed by atoms with Gasteiger partial charge in [0.25, 0.3) is 0 Å². The minimum absolute atomic E-state index is 0.0469. The van der Waals surface area contributed by atoms with Crippen LogP contribution >= 0.6 is 11.8 Å². The lowest BCUT2D eigenvalue weighted by Gasteiger charge is -2.49. The third-order valence-corrected chi connectivity index (χ3v) is 8.25. The second kappa shape index (κ2) is 10.6. The quantitative estimate of drug-likeness (QED) is 0.253. The van der Waals surface area contributed by atoms with Crippen molar-refractivity contribution in [3.63, 3.8) is 0 Å². The highest BCUT2D eigenvalue weighted by molar-refractivity contribution is 7.98. The molecule has 0 radical (unpaired) electrons. The molecular weight excluding hydrogens is 430 g/mol. The summed E-state index contributed by atoms with van der Waals surface area (Å²) in [7, 11) is 0. The van der Waals surface area contributed by atoms with E-state index >= 15 is 0 Å². The molecule has 0 spiro atoms. The number of thioether (sulfide) groups is 1. The van der Waals surface area contributed by atoms with Crippen molar-refractivity contribution in [2.24, 2.45) is 0 Å². The molecule has 4 nitrogen and oxygen atoms in total. The van der Waals surface area contributed by atoms with E-state index in [-0.39, 0.29) is 12.1 Å². The van der Waals surface area contributed by atoms with Gasteiger partial charge in [-0.15, -0.1) is 11.8 Å². The Morgan fingerprint density at radius 1 is 0.970 bits per heavy atom. The number of esters is 1. The highest BCUT2D eigenvalue weighted by Gasteiger charge is 2.54. The number of carbonyl (C=O) groups is 1. The van der Waals surface area contributed by atoms with Crippen LogP contribution in [-0.2, 0) is 19.9 Å². The fourth-order valence-electron chi connectivity index (χ4n) is 6.46. The summed E-state index contributed by atoms with van der Waals surface area (Å²) in [6, 6.07) is 20.9. The molecule has 0 amide bonds. The molecule has 2 aromatic carbocycles. The van der Waals surface area contributed by atoms with Gasteiger partial charge in [-0.1, -0.05) is 67.6 Å². The zero-order chi connectivity index (χ0) is 23.3. The van der Waals surface area contributed by atoms with Gasteiger partial charge in [0.2, 0.25) is 5.60 Å². The minimum atomic E-state index is -1.26. The molecule has 0 aliphatic carbocycles. The molecule has 0 N–H and O–H groups in total. The number of ether oxygens (including phenoxy) is 2. The van der Waals surface area contributed by atoms with Gasteiger partial charge in [-0.25, -0.2) is 4.79 Å². The number of quaternary nitrogens is 1. The van der Waals surface area contributed by atoms with Gasteiger partial charge in [-0.2, -0.15) is 0 Å². The molecule has 2 bridgehead atoms. The highest BCUT2D eigenvalue weighted by atomic mass is 32.2. The van der Waals surface area contributed by atoms with Crippen molar-refractivity contribution in [3.8, 4) is 0 Å². The number of hydrogen-bond acceptors (Lipinski definition) is 4. The summed E-state index contributed by atoms with van der Waals surface area (Å²) in [6.07, 6.45) is 7.56. The van der Waals surface area contributed by atoms with E-state index in [1.165, 1.54) is 36.8 Å². The van der Waals surface area contributed by atoms with Crippen molar-refractivity contribution >= 4 is 17.7 Å². The predicted octanol–water partition coefficient (Wildman–Crippen LogP) is 5.75. The van der Waals surface area contributed by atoms with Crippen LogP contribution in [0, 0.1) is 0 Å². The van der Waals surface area contributed by atoms with E-state index in [9.17, 15) is 4.79 Å². The van der Waals surface area contributed by atoms with E-state index in [1.54, 1.807) is 11.8 Å². The van der Waals surface area contributed by atoms with Crippen molar-refractivity contribution in [3.05, 3.63) is 71.8 Å². The van der Waals surface area contributed by atoms with Crippen LogP contribution in [0.3, 0.4) is 0 Å². The molecule has 2 aliphatic heterocycles. The zero-order valence-electron chi connectivity index (χ0n) is 20.2. The number of nitrogens with zero attached hydrogens (tertiary/aromatic N) is 1. The first kappa shape index (κ1) is 24.3. The van der Waals surface area contributed by atoms with Crippen LogP contribution in [0.2, 0.25) is 0 Å². The largest absolute Gasteiger partial charge is 0.459 e. The summed E-state index contributed by atoms with van der Waals surface area (Å²) >= 11 is 1.57. The molecule has 4 rings (SSSR count). The van der Waals surface area contributed by atoms with Crippen molar-refractivity contribution in [2.45, 2.75) is 69.7 Å². The summed E-state index contributed by atoms with van der Waals surface area (Å²) in [4.78, 5) is 14.1. The lowest BCUT2D eigenvalue weighted by atomic mass is 9.85. The number of carbonyl (C=O) groups excluding carboxylic acids is 1. The van der Waals surface area contributed by atoms with Crippen molar-refractivity contribution < 1.29 is 18.8 Å². The van der Waals surface area contributed by atoms with Gasteiger partial charge in [0.05, 0.1) is 31.1 Å².